The minimum atomic E-state index is 0.405. The molecule has 3 aromatic heterocycles. The predicted molar refractivity (Wildman–Crippen MR) is 110 cm³/mol. The molecular weight excluding hydrogens is 336 g/mol. The van der Waals surface area contributed by atoms with Crippen molar-refractivity contribution in [2.24, 2.45) is 11.7 Å². The molecule has 0 amide bonds. The number of nitrogens with zero attached hydrogens (tertiary/aromatic N) is 2. The van der Waals surface area contributed by atoms with Crippen molar-refractivity contribution in [3.8, 4) is 11.1 Å². The van der Waals surface area contributed by atoms with Crippen LogP contribution in [0.25, 0.3) is 38.6 Å². The molecule has 0 aliphatic heterocycles. The fourth-order valence-corrected chi connectivity index (χ4v) is 3.77. The van der Waals surface area contributed by atoms with Crippen LogP contribution < -0.4 is 11.1 Å². The van der Waals surface area contributed by atoms with Crippen molar-refractivity contribution in [3.05, 3.63) is 48.9 Å². The standard InChI is InChI=1S/C21H22N6/c1-11(22)17-10-23-21(26-12(2)13-3-4-13)19-16-6-5-14(15-8-24-25-9-15)7-18(16)27-20(17)19/h5-10,12-13,27H,1,3-4,22H2,2H3,(H,23,26)(H,24,25). The molecule has 1 fully saturated rings. The Labute approximate surface area is 156 Å². The van der Waals surface area contributed by atoms with Crippen molar-refractivity contribution < 1.29 is 0 Å². The van der Waals surface area contributed by atoms with E-state index in [2.05, 4.69) is 57.2 Å². The topological polar surface area (TPSA) is 95.4 Å². The lowest BCUT2D eigenvalue weighted by atomic mass is 10.1. The summed E-state index contributed by atoms with van der Waals surface area (Å²) in [4.78, 5) is 8.22. The first kappa shape index (κ1) is 15.9. The van der Waals surface area contributed by atoms with Gasteiger partial charge in [0.2, 0.25) is 0 Å². The fraction of sp³-hybridized carbons (Fsp3) is 0.238. The van der Waals surface area contributed by atoms with Gasteiger partial charge >= 0.3 is 0 Å². The van der Waals surface area contributed by atoms with Crippen LogP contribution >= 0.6 is 0 Å². The van der Waals surface area contributed by atoms with Gasteiger partial charge in [-0.1, -0.05) is 18.7 Å². The summed E-state index contributed by atoms with van der Waals surface area (Å²) in [6.07, 6.45) is 8.10. The second-order valence-electron chi connectivity index (χ2n) is 7.44. The Morgan fingerprint density at radius 3 is 2.85 bits per heavy atom. The lowest BCUT2D eigenvalue weighted by Gasteiger charge is -2.15. The van der Waals surface area contributed by atoms with E-state index in [9.17, 15) is 0 Å². The van der Waals surface area contributed by atoms with Crippen molar-refractivity contribution in [1.82, 2.24) is 20.2 Å². The highest BCUT2D eigenvalue weighted by Gasteiger charge is 2.28. The summed E-state index contributed by atoms with van der Waals surface area (Å²) in [5.41, 5.74) is 11.6. The maximum absolute atomic E-state index is 6.03. The Morgan fingerprint density at radius 1 is 1.30 bits per heavy atom. The highest BCUT2D eigenvalue weighted by molar-refractivity contribution is 6.15. The second kappa shape index (κ2) is 5.87. The second-order valence-corrected chi connectivity index (χ2v) is 7.44. The predicted octanol–water partition coefficient (Wildman–Crippen LogP) is 4.25. The molecule has 1 aliphatic rings. The van der Waals surface area contributed by atoms with Crippen LogP contribution in [0.4, 0.5) is 5.82 Å². The normalized spacial score (nSPS) is 15.3. The van der Waals surface area contributed by atoms with E-state index in [0.717, 1.165) is 50.2 Å². The van der Waals surface area contributed by atoms with E-state index in [0.29, 0.717) is 11.7 Å². The van der Waals surface area contributed by atoms with Gasteiger partial charge in [0, 0.05) is 46.2 Å². The Bertz CT molecular complexity index is 1150. The summed E-state index contributed by atoms with van der Waals surface area (Å²) in [5, 5.41) is 12.7. The highest BCUT2D eigenvalue weighted by atomic mass is 15.1. The summed E-state index contributed by atoms with van der Waals surface area (Å²) in [5.74, 6) is 1.64. The third-order valence-corrected chi connectivity index (χ3v) is 5.50. The molecule has 27 heavy (non-hydrogen) atoms. The number of nitrogens with two attached hydrogens (primary N) is 1. The number of fused-ring (bicyclic) bond motifs is 3. The molecule has 1 unspecified atom stereocenters. The van der Waals surface area contributed by atoms with E-state index in [4.69, 9.17) is 5.73 Å². The minimum Gasteiger partial charge on any atom is -0.399 e. The van der Waals surface area contributed by atoms with Crippen molar-refractivity contribution in [2.45, 2.75) is 25.8 Å². The van der Waals surface area contributed by atoms with Crippen molar-refractivity contribution in [2.75, 3.05) is 5.32 Å². The zero-order valence-electron chi connectivity index (χ0n) is 15.2. The van der Waals surface area contributed by atoms with E-state index in [-0.39, 0.29) is 0 Å². The van der Waals surface area contributed by atoms with Gasteiger partial charge in [-0.3, -0.25) is 5.10 Å². The van der Waals surface area contributed by atoms with Crippen LogP contribution in [0.5, 0.6) is 0 Å². The first-order valence-electron chi connectivity index (χ1n) is 9.26. The van der Waals surface area contributed by atoms with Crippen LogP contribution in [0.1, 0.15) is 25.3 Å². The number of hydrogen-bond acceptors (Lipinski definition) is 4. The van der Waals surface area contributed by atoms with Crippen LogP contribution in [0.15, 0.2) is 43.4 Å². The van der Waals surface area contributed by atoms with E-state index in [1.54, 1.807) is 6.20 Å². The van der Waals surface area contributed by atoms with Crippen LogP contribution in [0.3, 0.4) is 0 Å². The Kier molecular flexibility index (Phi) is 3.47. The molecule has 6 nitrogen and oxygen atoms in total. The number of H-pyrrole nitrogens is 2. The van der Waals surface area contributed by atoms with Crippen LogP contribution in [0.2, 0.25) is 0 Å². The molecule has 0 radical (unpaired) electrons. The Morgan fingerprint density at radius 2 is 2.15 bits per heavy atom. The van der Waals surface area contributed by atoms with Gasteiger partial charge in [-0.25, -0.2) is 4.98 Å². The third-order valence-electron chi connectivity index (χ3n) is 5.50. The largest absolute Gasteiger partial charge is 0.399 e. The van der Waals surface area contributed by atoms with Gasteiger partial charge in [0.05, 0.1) is 17.1 Å². The molecule has 0 saturated heterocycles. The molecular formula is C21H22N6. The molecule has 1 atom stereocenters. The average molecular weight is 358 g/mol. The van der Waals surface area contributed by atoms with Crippen LogP contribution in [-0.2, 0) is 0 Å². The maximum Gasteiger partial charge on any atom is 0.136 e. The summed E-state index contributed by atoms with van der Waals surface area (Å²) >= 11 is 0. The number of rotatable bonds is 5. The fourth-order valence-electron chi connectivity index (χ4n) is 3.77. The zero-order valence-corrected chi connectivity index (χ0v) is 15.2. The molecule has 3 heterocycles. The minimum absolute atomic E-state index is 0.405. The lowest BCUT2D eigenvalue weighted by Crippen LogP contribution is -2.18. The lowest BCUT2D eigenvalue weighted by molar-refractivity contribution is 0.692. The first-order valence-corrected chi connectivity index (χ1v) is 9.26. The molecule has 0 spiro atoms. The molecule has 0 bridgehead atoms. The molecule has 1 saturated carbocycles. The van der Waals surface area contributed by atoms with Gasteiger partial charge in [-0.15, -0.1) is 0 Å². The average Bonchev–Trinajstić information content (AvgIpc) is 3.23. The number of anilines is 1. The van der Waals surface area contributed by atoms with Gasteiger partial charge in [-0.05, 0) is 37.3 Å². The van der Waals surface area contributed by atoms with Gasteiger partial charge < -0.3 is 16.0 Å². The van der Waals surface area contributed by atoms with Gasteiger partial charge in [0.15, 0.2) is 0 Å². The molecule has 4 aromatic rings. The first-order chi connectivity index (χ1) is 13.1. The zero-order chi connectivity index (χ0) is 18.5. The quantitative estimate of drug-likeness (QED) is 0.429. The summed E-state index contributed by atoms with van der Waals surface area (Å²) < 4.78 is 0. The number of hydrogen-bond donors (Lipinski definition) is 4. The number of pyridine rings is 1. The number of nitrogens with one attached hydrogen (secondary N) is 3. The van der Waals surface area contributed by atoms with Gasteiger partial charge in [0.25, 0.3) is 0 Å². The Balaban J connectivity index is 1.72. The monoisotopic (exact) mass is 358 g/mol. The van der Waals surface area contributed by atoms with Crippen LogP contribution in [-0.4, -0.2) is 26.2 Å². The van der Waals surface area contributed by atoms with E-state index in [1.165, 1.54) is 12.8 Å². The van der Waals surface area contributed by atoms with E-state index < -0.39 is 0 Å². The van der Waals surface area contributed by atoms with Crippen molar-refractivity contribution in [1.29, 1.82) is 0 Å². The number of aromatic nitrogens is 4. The van der Waals surface area contributed by atoms with Crippen molar-refractivity contribution >= 4 is 33.3 Å². The molecule has 5 N–H and O–H groups in total. The van der Waals surface area contributed by atoms with E-state index in [1.807, 2.05) is 12.4 Å². The smallest absolute Gasteiger partial charge is 0.136 e. The van der Waals surface area contributed by atoms with E-state index >= 15 is 0 Å². The van der Waals surface area contributed by atoms with Crippen LogP contribution in [0, 0.1) is 5.92 Å². The number of benzene rings is 1. The third kappa shape index (κ3) is 2.65. The molecule has 5 rings (SSSR count). The molecule has 1 aliphatic carbocycles. The van der Waals surface area contributed by atoms with Crippen molar-refractivity contribution in [3.63, 3.8) is 0 Å². The number of aromatic amines is 2. The molecule has 6 heteroatoms. The SMILES string of the molecule is C=C(N)c1cnc(NC(C)C2CC2)c2c1[nH]c1cc(-c3cn[nH]c3)ccc12. The summed E-state index contributed by atoms with van der Waals surface area (Å²) in [7, 11) is 0. The molecule has 136 valence electrons. The van der Waals surface area contributed by atoms with Gasteiger partial charge in [0.1, 0.15) is 5.82 Å². The highest BCUT2D eigenvalue weighted by Crippen LogP contribution is 2.38. The maximum atomic E-state index is 6.03. The summed E-state index contributed by atoms with van der Waals surface area (Å²) in [6, 6.07) is 6.78. The summed E-state index contributed by atoms with van der Waals surface area (Å²) in [6.45, 7) is 6.15. The van der Waals surface area contributed by atoms with Gasteiger partial charge in [-0.2, -0.15) is 5.10 Å². The Hall–Kier alpha value is -3.28. The molecule has 1 aromatic carbocycles.